The van der Waals surface area contributed by atoms with Gasteiger partial charge < -0.3 is 5.11 Å². The van der Waals surface area contributed by atoms with Crippen LogP contribution in [0.15, 0.2) is 35.0 Å². The van der Waals surface area contributed by atoms with Crippen molar-refractivity contribution in [1.29, 1.82) is 0 Å². The van der Waals surface area contributed by atoms with E-state index in [0.717, 1.165) is 32.2 Å². The maximum absolute atomic E-state index is 13.9. The third kappa shape index (κ3) is 4.19. The summed E-state index contributed by atoms with van der Waals surface area (Å²) in [6, 6.07) is 6.67. The first-order valence-electron chi connectivity index (χ1n) is 8.18. The molecule has 0 bridgehead atoms. The Kier molecular flexibility index (Phi) is 5.94. The Balaban J connectivity index is 1.64. The molecule has 1 N–H and O–H groups in total. The van der Waals surface area contributed by atoms with Crippen molar-refractivity contribution < 1.29 is 13.9 Å². The number of aliphatic hydroxyl groups is 1. The Hall–Kier alpha value is -1.34. The Bertz CT molecular complexity index is 650. The zero-order valence-electron chi connectivity index (χ0n) is 13.5. The highest BCUT2D eigenvalue weighted by atomic mass is 32.1. The minimum atomic E-state index is -0.796. The second-order valence-electron chi connectivity index (χ2n) is 6.22. The molecule has 2 aromatic rings. The third-order valence-electron chi connectivity index (χ3n) is 4.54. The summed E-state index contributed by atoms with van der Waals surface area (Å²) in [6.07, 6.45) is 0.687. The summed E-state index contributed by atoms with van der Waals surface area (Å²) < 4.78 is 27.3. The summed E-state index contributed by atoms with van der Waals surface area (Å²) in [5.74, 6) is -1.55. The highest BCUT2D eigenvalue weighted by Crippen LogP contribution is 2.20. The Morgan fingerprint density at radius 3 is 2.79 bits per heavy atom. The highest BCUT2D eigenvalue weighted by molar-refractivity contribution is 7.07. The van der Waals surface area contributed by atoms with Crippen LogP contribution in [0.5, 0.6) is 0 Å². The average Bonchev–Trinajstić information content (AvgIpc) is 3.08. The van der Waals surface area contributed by atoms with Gasteiger partial charge in [0.1, 0.15) is 0 Å². The number of halogens is 2. The van der Waals surface area contributed by atoms with Crippen LogP contribution in [-0.2, 0) is 13.1 Å². The van der Waals surface area contributed by atoms with Crippen LogP contribution in [0.2, 0.25) is 0 Å². The quantitative estimate of drug-likeness (QED) is 0.865. The second-order valence-corrected chi connectivity index (χ2v) is 7.00. The monoisotopic (exact) mass is 352 g/mol. The van der Waals surface area contributed by atoms with Crippen molar-refractivity contribution in [2.75, 3.05) is 26.2 Å². The number of aliphatic hydroxyl groups excluding tert-OH is 1. The lowest BCUT2D eigenvalue weighted by atomic mass is 10.1. The van der Waals surface area contributed by atoms with Crippen LogP contribution < -0.4 is 0 Å². The zero-order chi connectivity index (χ0) is 16.9. The lowest BCUT2D eigenvalue weighted by Crippen LogP contribution is -2.52. The molecule has 1 aromatic heterocycles. The van der Waals surface area contributed by atoms with Gasteiger partial charge in [0.15, 0.2) is 11.6 Å². The molecule has 0 amide bonds. The van der Waals surface area contributed by atoms with Crippen molar-refractivity contribution >= 4 is 11.3 Å². The molecule has 0 spiro atoms. The molecule has 1 fully saturated rings. The van der Waals surface area contributed by atoms with Crippen molar-refractivity contribution in [3.05, 3.63) is 57.8 Å². The number of nitrogens with zero attached hydrogens (tertiary/aromatic N) is 2. The van der Waals surface area contributed by atoms with Crippen LogP contribution in [0.25, 0.3) is 0 Å². The van der Waals surface area contributed by atoms with Gasteiger partial charge in [-0.15, -0.1) is 0 Å². The number of thiophene rings is 1. The summed E-state index contributed by atoms with van der Waals surface area (Å²) in [4.78, 5) is 4.51. The van der Waals surface area contributed by atoms with Gasteiger partial charge in [-0.3, -0.25) is 9.80 Å². The molecule has 1 atom stereocenters. The Morgan fingerprint density at radius 1 is 1.17 bits per heavy atom. The van der Waals surface area contributed by atoms with Crippen molar-refractivity contribution in [3.63, 3.8) is 0 Å². The fourth-order valence-corrected chi connectivity index (χ4v) is 3.92. The van der Waals surface area contributed by atoms with Gasteiger partial charge in [-0.1, -0.05) is 12.1 Å². The molecule has 0 saturated carbocycles. The predicted octanol–water partition coefficient (Wildman–Crippen LogP) is 3.10. The number of piperazine rings is 1. The molecule has 0 aliphatic carbocycles. The first kappa shape index (κ1) is 17.5. The first-order chi connectivity index (χ1) is 11.7. The van der Waals surface area contributed by atoms with E-state index in [9.17, 15) is 13.9 Å². The summed E-state index contributed by atoms with van der Waals surface area (Å²) >= 11 is 1.68. The maximum Gasteiger partial charge on any atom is 0.163 e. The Morgan fingerprint density at radius 2 is 2.04 bits per heavy atom. The van der Waals surface area contributed by atoms with Crippen LogP contribution >= 0.6 is 11.3 Å². The van der Waals surface area contributed by atoms with Crippen molar-refractivity contribution in [3.8, 4) is 0 Å². The van der Waals surface area contributed by atoms with Crippen molar-refractivity contribution in [2.24, 2.45) is 0 Å². The van der Waals surface area contributed by atoms with Gasteiger partial charge in [-0.25, -0.2) is 8.78 Å². The molecule has 0 radical (unpaired) electrons. The standard InChI is InChI=1S/C18H22F2N2OS/c19-17-3-1-2-15(18(17)20)11-21-6-7-22(16(12-21)4-8-23)10-14-5-9-24-13-14/h1-3,5,9,13,16,23H,4,6-8,10-12H2/t16-/m1/s1. The van der Waals surface area contributed by atoms with Gasteiger partial charge in [0.25, 0.3) is 0 Å². The van der Waals surface area contributed by atoms with Crippen LogP contribution in [0.4, 0.5) is 8.78 Å². The number of hydrogen-bond acceptors (Lipinski definition) is 4. The summed E-state index contributed by atoms with van der Waals surface area (Å²) in [5, 5.41) is 13.6. The third-order valence-corrected chi connectivity index (χ3v) is 5.27. The van der Waals surface area contributed by atoms with E-state index < -0.39 is 11.6 Å². The predicted molar refractivity (Wildman–Crippen MR) is 91.9 cm³/mol. The van der Waals surface area contributed by atoms with Crippen molar-refractivity contribution in [2.45, 2.75) is 25.6 Å². The topological polar surface area (TPSA) is 26.7 Å². The van der Waals surface area contributed by atoms with E-state index in [0.29, 0.717) is 18.5 Å². The zero-order valence-corrected chi connectivity index (χ0v) is 14.3. The SMILES string of the molecule is OCC[C@@H]1CN(Cc2cccc(F)c2F)CCN1Cc1ccsc1. The van der Waals surface area contributed by atoms with Gasteiger partial charge in [-0.05, 0) is 34.9 Å². The van der Waals surface area contributed by atoms with Crippen LogP contribution in [0, 0.1) is 11.6 Å². The van der Waals surface area contributed by atoms with Crippen molar-refractivity contribution in [1.82, 2.24) is 9.80 Å². The molecular weight excluding hydrogens is 330 g/mol. The number of hydrogen-bond donors (Lipinski definition) is 1. The minimum Gasteiger partial charge on any atom is -0.396 e. The molecule has 1 saturated heterocycles. The van der Waals surface area contributed by atoms with E-state index in [1.807, 2.05) is 0 Å². The molecule has 3 nitrogen and oxygen atoms in total. The highest BCUT2D eigenvalue weighted by Gasteiger charge is 2.27. The molecule has 2 heterocycles. The maximum atomic E-state index is 13.9. The molecule has 3 rings (SSSR count). The van der Waals surface area contributed by atoms with E-state index in [4.69, 9.17) is 0 Å². The van der Waals surface area contributed by atoms with Gasteiger partial charge >= 0.3 is 0 Å². The van der Waals surface area contributed by atoms with Gasteiger partial charge in [0, 0.05) is 50.9 Å². The summed E-state index contributed by atoms with van der Waals surface area (Å²) in [6.45, 7) is 3.82. The van der Waals surface area contributed by atoms with Gasteiger partial charge in [-0.2, -0.15) is 11.3 Å². The van der Waals surface area contributed by atoms with E-state index in [2.05, 4.69) is 26.6 Å². The van der Waals surface area contributed by atoms with Crippen LogP contribution in [0.1, 0.15) is 17.5 Å². The normalized spacial score (nSPS) is 19.7. The largest absolute Gasteiger partial charge is 0.396 e. The minimum absolute atomic E-state index is 0.132. The molecule has 1 aromatic carbocycles. The van der Waals surface area contributed by atoms with Gasteiger partial charge in [0.05, 0.1) is 0 Å². The molecule has 1 aliphatic rings. The van der Waals surface area contributed by atoms with Crippen LogP contribution in [0.3, 0.4) is 0 Å². The fourth-order valence-electron chi connectivity index (χ4n) is 3.26. The lowest BCUT2D eigenvalue weighted by Gasteiger charge is -2.41. The molecule has 130 valence electrons. The van der Waals surface area contributed by atoms with E-state index >= 15 is 0 Å². The molecule has 24 heavy (non-hydrogen) atoms. The van der Waals surface area contributed by atoms with Gasteiger partial charge in [0.2, 0.25) is 0 Å². The molecule has 6 heteroatoms. The van der Waals surface area contributed by atoms with E-state index in [-0.39, 0.29) is 12.6 Å². The van der Waals surface area contributed by atoms with E-state index in [1.54, 1.807) is 23.5 Å². The number of rotatable bonds is 6. The first-order valence-corrected chi connectivity index (χ1v) is 9.13. The molecule has 0 unspecified atom stereocenters. The molecular formula is C18H22F2N2OS. The number of benzene rings is 1. The fraction of sp³-hybridized carbons (Fsp3) is 0.444. The summed E-state index contributed by atoms with van der Waals surface area (Å²) in [7, 11) is 0. The van der Waals surface area contributed by atoms with E-state index in [1.165, 1.54) is 5.56 Å². The molecule has 1 aliphatic heterocycles. The Labute approximate surface area is 145 Å². The smallest absolute Gasteiger partial charge is 0.163 e. The second kappa shape index (κ2) is 8.16. The average molecular weight is 352 g/mol. The summed E-state index contributed by atoms with van der Waals surface area (Å²) in [5.41, 5.74) is 1.68. The lowest BCUT2D eigenvalue weighted by molar-refractivity contribution is 0.0495. The van der Waals surface area contributed by atoms with Crippen LogP contribution in [-0.4, -0.2) is 47.2 Å².